The zero-order chi connectivity index (χ0) is 20.1. The molecule has 0 saturated heterocycles. The topological polar surface area (TPSA) is 60.2 Å². The van der Waals surface area contributed by atoms with Crippen LogP contribution in [0.2, 0.25) is 0 Å². The number of hydrogen-bond donors (Lipinski definition) is 0. The molecule has 0 saturated carbocycles. The molecule has 3 rings (SSSR count). The van der Waals surface area contributed by atoms with Crippen molar-refractivity contribution in [3.05, 3.63) is 77.9 Å². The van der Waals surface area contributed by atoms with Gasteiger partial charge in [0.25, 0.3) is 5.91 Å². The van der Waals surface area contributed by atoms with Gasteiger partial charge in [0.1, 0.15) is 12.7 Å². The summed E-state index contributed by atoms with van der Waals surface area (Å²) in [5.41, 5.74) is 3.72. The average molecular weight is 378 g/mol. The summed E-state index contributed by atoms with van der Waals surface area (Å²) < 4.78 is 7.30. The Morgan fingerprint density at radius 2 is 1.75 bits per heavy atom. The number of benzene rings is 2. The second kappa shape index (κ2) is 8.80. The highest BCUT2D eigenvalue weighted by Gasteiger charge is 2.19. The molecule has 0 radical (unpaired) electrons. The van der Waals surface area contributed by atoms with Gasteiger partial charge >= 0.3 is 0 Å². The first-order valence-electron chi connectivity index (χ1n) is 9.38. The number of carbonyl (C=O) groups is 1. The van der Waals surface area contributed by atoms with Gasteiger partial charge < -0.3 is 9.64 Å². The van der Waals surface area contributed by atoms with Gasteiger partial charge in [0, 0.05) is 12.6 Å². The maximum Gasteiger partial charge on any atom is 0.254 e. The molecule has 1 aromatic heterocycles. The van der Waals surface area contributed by atoms with Crippen LogP contribution in [0.15, 0.2) is 61.2 Å². The molecule has 6 nitrogen and oxygen atoms in total. The Morgan fingerprint density at radius 3 is 2.32 bits per heavy atom. The van der Waals surface area contributed by atoms with Gasteiger partial charge in [-0.15, -0.1) is 0 Å². The SMILES string of the molecule is CC(C)OCc1ccc(C(=O)N(C)[C@H](C)c2ccc(-n3cncn3)cc2)cc1. The van der Waals surface area contributed by atoms with Crippen LogP contribution in [0.25, 0.3) is 5.69 Å². The van der Waals surface area contributed by atoms with Crippen molar-refractivity contribution in [1.29, 1.82) is 0 Å². The van der Waals surface area contributed by atoms with E-state index >= 15 is 0 Å². The molecule has 0 unspecified atom stereocenters. The lowest BCUT2D eigenvalue weighted by Gasteiger charge is -2.25. The first-order valence-corrected chi connectivity index (χ1v) is 9.38. The van der Waals surface area contributed by atoms with E-state index in [1.54, 1.807) is 15.9 Å². The molecule has 28 heavy (non-hydrogen) atoms. The summed E-state index contributed by atoms with van der Waals surface area (Å²) in [6.45, 7) is 6.59. The Balaban J connectivity index is 1.66. The second-order valence-electron chi connectivity index (χ2n) is 7.08. The van der Waals surface area contributed by atoms with Gasteiger partial charge in [-0.3, -0.25) is 4.79 Å². The molecule has 6 heteroatoms. The zero-order valence-electron chi connectivity index (χ0n) is 16.7. The van der Waals surface area contributed by atoms with Crippen molar-refractivity contribution < 1.29 is 9.53 Å². The molecule has 0 fully saturated rings. The van der Waals surface area contributed by atoms with Gasteiger partial charge in [0.15, 0.2) is 0 Å². The lowest BCUT2D eigenvalue weighted by atomic mass is 10.1. The van der Waals surface area contributed by atoms with Crippen LogP contribution in [0, 0.1) is 0 Å². The molecule has 0 N–H and O–H groups in total. The van der Waals surface area contributed by atoms with Gasteiger partial charge in [0.2, 0.25) is 0 Å². The zero-order valence-corrected chi connectivity index (χ0v) is 16.7. The minimum Gasteiger partial charge on any atom is -0.374 e. The molecule has 1 amide bonds. The van der Waals surface area contributed by atoms with E-state index in [0.717, 1.165) is 16.8 Å². The maximum absolute atomic E-state index is 12.9. The molecule has 0 bridgehead atoms. The number of hydrogen-bond acceptors (Lipinski definition) is 4. The number of aromatic nitrogens is 3. The highest BCUT2D eigenvalue weighted by atomic mass is 16.5. The summed E-state index contributed by atoms with van der Waals surface area (Å²) in [5, 5.41) is 4.13. The Bertz CT molecular complexity index is 887. The Kier molecular flexibility index (Phi) is 6.21. The second-order valence-corrected chi connectivity index (χ2v) is 7.08. The lowest BCUT2D eigenvalue weighted by molar-refractivity contribution is 0.0655. The Morgan fingerprint density at radius 1 is 1.07 bits per heavy atom. The summed E-state index contributed by atoms with van der Waals surface area (Å²) >= 11 is 0. The molecule has 146 valence electrons. The number of ether oxygens (including phenoxy) is 1. The molecule has 0 aliphatic heterocycles. The van der Waals surface area contributed by atoms with Crippen LogP contribution in [-0.2, 0) is 11.3 Å². The summed E-state index contributed by atoms with van der Waals surface area (Å²) in [6.07, 6.45) is 3.34. The van der Waals surface area contributed by atoms with Crippen LogP contribution >= 0.6 is 0 Å². The summed E-state index contributed by atoms with van der Waals surface area (Å²) in [4.78, 5) is 18.6. The van der Waals surface area contributed by atoms with Gasteiger partial charge in [0.05, 0.1) is 24.4 Å². The van der Waals surface area contributed by atoms with Crippen LogP contribution in [-0.4, -0.2) is 38.7 Å². The molecule has 2 aromatic carbocycles. The third-order valence-corrected chi connectivity index (χ3v) is 4.74. The number of rotatable bonds is 7. The minimum absolute atomic E-state index is 0.0100. The highest BCUT2D eigenvalue weighted by molar-refractivity contribution is 5.94. The first kappa shape index (κ1) is 19.8. The van der Waals surface area contributed by atoms with Crippen LogP contribution < -0.4 is 0 Å². The molecule has 1 heterocycles. The van der Waals surface area contributed by atoms with Crippen LogP contribution in [0.3, 0.4) is 0 Å². The van der Waals surface area contributed by atoms with Gasteiger partial charge in [-0.1, -0.05) is 24.3 Å². The molecule has 1 atom stereocenters. The molecular weight excluding hydrogens is 352 g/mol. The molecule has 0 spiro atoms. The van der Waals surface area contributed by atoms with E-state index in [0.29, 0.717) is 12.2 Å². The molecular formula is C22H26N4O2. The summed E-state index contributed by atoms with van der Waals surface area (Å²) in [6, 6.07) is 15.5. The first-order chi connectivity index (χ1) is 13.5. The van der Waals surface area contributed by atoms with E-state index in [-0.39, 0.29) is 18.1 Å². The van der Waals surface area contributed by atoms with Crippen LogP contribution in [0.5, 0.6) is 0 Å². The lowest BCUT2D eigenvalue weighted by Crippen LogP contribution is -2.29. The van der Waals surface area contributed by atoms with Crippen molar-refractivity contribution in [3.63, 3.8) is 0 Å². The quantitative estimate of drug-likeness (QED) is 0.623. The van der Waals surface area contributed by atoms with Crippen molar-refractivity contribution in [1.82, 2.24) is 19.7 Å². The predicted molar refractivity (Wildman–Crippen MR) is 108 cm³/mol. The smallest absolute Gasteiger partial charge is 0.254 e. The summed E-state index contributed by atoms with van der Waals surface area (Å²) in [7, 11) is 1.83. The van der Waals surface area contributed by atoms with E-state index in [1.165, 1.54) is 6.33 Å². The Hall–Kier alpha value is -2.99. The number of carbonyl (C=O) groups excluding carboxylic acids is 1. The fourth-order valence-corrected chi connectivity index (χ4v) is 2.86. The monoisotopic (exact) mass is 378 g/mol. The van der Waals surface area contributed by atoms with Crippen LogP contribution in [0.1, 0.15) is 48.3 Å². The van der Waals surface area contributed by atoms with Crippen molar-refractivity contribution in [3.8, 4) is 5.69 Å². The van der Waals surface area contributed by atoms with E-state index in [9.17, 15) is 4.79 Å². The normalized spacial score (nSPS) is 12.2. The summed E-state index contributed by atoms with van der Waals surface area (Å²) in [5.74, 6) is -0.0100. The Labute approximate surface area is 165 Å². The van der Waals surface area contributed by atoms with Gasteiger partial charge in [-0.25, -0.2) is 9.67 Å². The highest BCUT2D eigenvalue weighted by Crippen LogP contribution is 2.22. The van der Waals surface area contributed by atoms with E-state index in [4.69, 9.17) is 4.74 Å². The van der Waals surface area contributed by atoms with E-state index in [2.05, 4.69) is 10.1 Å². The van der Waals surface area contributed by atoms with Gasteiger partial charge in [-0.2, -0.15) is 5.10 Å². The fraction of sp³-hybridized carbons (Fsp3) is 0.318. The molecule has 3 aromatic rings. The largest absolute Gasteiger partial charge is 0.374 e. The standard InChI is InChI=1S/C22H26N4O2/c1-16(2)28-13-18-5-7-20(8-6-18)22(27)25(4)17(3)19-9-11-21(12-10-19)26-15-23-14-24-26/h5-12,14-17H,13H2,1-4H3/t17-/m1/s1. The third-order valence-electron chi connectivity index (χ3n) is 4.74. The van der Waals surface area contributed by atoms with E-state index < -0.39 is 0 Å². The average Bonchev–Trinajstić information content (AvgIpc) is 3.26. The van der Waals surface area contributed by atoms with Crippen molar-refractivity contribution in [2.45, 2.75) is 39.5 Å². The van der Waals surface area contributed by atoms with E-state index in [1.807, 2.05) is 76.3 Å². The minimum atomic E-state index is -0.0544. The molecule has 0 aliphatic carbocycles. The third kappa shape index (κ3) is 4.64. The van der Waals surface area contributed by atoms with Crippen LogP contribution in [0.4, 0.5) is 0 Å². The number of nitrogens with zero attached hydrogens (tertiary/aromatic N) is 4. The predicted octanol–water partition coefficient (Wildman–Crippen LogP) is 4.03. The number of amides is 1. The van der Waals surface area contributed by atoms with Crippen molar-refractivity contribution in [2.75, 3.05) is 7.05 Å². The van der Waals surface area contributed by atoms with Crippen molar-refractivity contribution >= 4 is 5.91 Å². The fourth-order valence-electron chi connectivity index (χ4n) is 2.86. The maximum atomic E-state index is 12.9. The molecule has 0 aliphatic rings. The van der Waals surface area contributed by atoms with Crippen molar-refractivity contribution in [2.24, 2.45) is 0 Å². The van der Waals surface area contributed by atoms with Gasteiger partial charge in [-0.05, 0) is 56.2 Å².